The highest BCUT2D eigenvalue weighted by atomic mass is 32.2. The predicted molar refractivity (Wildman–Crippen MR) is 115 cm³/mol. The minimum Gasteiger partial charge on any atom is -0.497 e. The number of rotatable bonds is 7. The summed E-state index contributed by atoms with van der Waals surface area (Å²) in [7, 11) is 5.34. The molecule has 0 aliphatic carbocycles. The molecular weight excluding hydrogens is 390 g/mol. The fourth-order valence-corrected chi connectivity index (χ4v) is 3.98. The maximum atomic E-state index is 11.6. The molecule has 8 nitrogen and oxygen atoms in total. The molecule has 1 aromatic heterocycles. The second-order valence-electron chi connectivity index (χ2n) is 6.72. The quantitative estimate of drug-likeness (QED) is 0.706. The second-order valence-corrected chi connectivity index (χ2v) is 7.83. The minimum absolute atomic E-state index is 0.0782. The lowest BCUT2D eigenvalue weighted by Gasteiger charge is -2.33. The summed E-state index contributed by atoms with van der Waals surface area (Å²) in [5.41, 5.74) is 6.02. The minimum atomic E-state index is -0.259. The summed E-state index contributed by atoms with van der Waals surface area (Å²) in [5, 5.41) is 2.76. The molecular formula is C20H27N5O3S. The molecule has 3 N–H and O–H groups in total. The summed E-state index contributed by atoms with van der Waals surface area (Å²) in [6, 6.07) is 9.56. The third-order valence-corrected chi connectivity index (χ3v) is 5.65. The van der Waals surface area contributed by atoms with Crippen molar-refractivity contribution in [1.29, 1.82) is 0 Å². The molecule has 0 spiro atoms. The summed E-state index contributed by atoms with van der Waals surface area (Å²) >= 11 is 1.50. The molecule has 0 radical (unpaired) electrons. The van der Waals surface area contributed by atoms with E-state index in [0.717, 1.165) is 41.8 Å². The van der Waals surface area contributed by atoms with Crippen LogP contribution < -0.4 is 25.4 Å². The van der Waals surface area contributed by atoms with Crippen molar-refractivity contribution in [2.24, 2.45) is 5.73 Å². The number of ether oxygens (including phenoxy) is 2. The Kier molecular flexibility index (Phi) is 7.18. The van der Waals surface area contributed by atoms with Crippen LogP contribution in [0.5, 0.6) is 11.6 Å². The van der Waals surface area contributed by atoms with E-state index >= 15 is 0 Å². The van der Waals surface area contributed by atoms with Gasteiger partial charge < -0.3 is 30.3 Å². The SMILES string of the molecule is COc1cc(NC(=O)CN)cc(Sc2ccc(N3CCN(C)CC3)nc2OC)c1. The third-order valence-electron chi connectivity index (χ3n) is 4.64. The van der Waals surface area contributed by atoms with Gasteiger partial charge in [-0.25, -0.2) is 0 Å². The van der Waals surface area contributed by atoms with Crippen LogP contribution in [0.4, 0.5) is 11.5 Å². The number of pyridine rings is 1. The number of hydrogen-bond donors (Lipinski definition) is 2. The number of hydrogen-bond acceptors (Lipinski definition) is 8. The number of nitrogens with one attached hydrogen (secondary N) is 1. The van der Waals surface area contributed by atoms with Crippen LogP contribution in [0.15, 0.2) is 40.1 Å². The number of carbonyl (C=O) groups is 1. The Morgan fingerprint density at radius 2 is 1.93 bits per heavy atom. The van der Waals surface area contributed by atoms with Gasteiger partial charge in [0.1, 0.15) is 11.6 Å². The van der Waals surface area contributed by atoms with Crippen molar-refractivity contribution in [2.75, 3.05) is 64.2 Å². The number of carbonyl (C=O) groups excluding carboxylic acids is 1. The maximum absolute atomic E-state index is 11.6. The summed E-state index contributed by atoms with van der Waals surface area (Å²) in [5.74, 6) is 1.87. The first-order valence-electron chi connectivity index (χ1n) is 9.37. The van der Waals surface area contributed by atoms with Gasteiger partial charge in [0.2, 0.25) is 11.8 Å². The molecule has 0 bridgehead atoms. The van der Waals surface area contributed by atoms with E-state index in [1.807, 2.05) is 24.3 Å². The van der Waals surface area contributed by atoms with Gasteiger partial charge in [-0.2, -0.15) is 4.98 Å². The number of nitrogens with zero attached hydrogens (tertiary/aromatic N) is 3. The number of anilines is 2. The molecule has 2 aromatic rings. The number of nitrogens with two attached hydrogens (primary N) is 1. The number of likely N-dealkylation sites (N-methyl/N-ethyl adjacent to an activating group) is 1. The van der Waals surface area contributed by atoms with Gasteiger partial charge in [-0.1, -0.05) is 11.8 Å². The Bertz CT molecular complexity index is 856. The molecule has 1 amide bonds. The highest BCUT2D eigenvalue weighted by Crippen LogP contribution is 2.38. The van der Waals surface area contributed by atoms with Crippen LogP contribution in [0.2, 0.25) is 0 Å². The molecule has 29 heavy (non-hydrogen) atoms. The van der Waals surface area contributed by atoms with Crippen molar-refractivity contribution in [1.82, 2.24) is 9.88 Å². The van der Waals surface area contributed by atoms with E-state index in [1.54, 1.807) is 20.3 Å². The van der Waals surface area contributed by atoms with E-state index < -0.39 is 0 Å². The van der Waals surface area contributed by atoms with E-state index in [-0.39, 0.29) is 12.5 Å². The van der Waals surface area contributed by atoms with E-state index in [2.05, 4.69) is 22.2 Å². The van der Waals surface area contributed by atoms with Gasteiger partial charge in [-0.3, -0.25) is 4.79 Å². The van der Waals surface area contributed by atoms with Gasteiger partial charge in [0.15, 0.2) is 0 Å². The van der Waals surface area contributed by atoms with Crippen LogP contribution in [0.25, 0.3) is 0 Å². The Balaban J connectivity index is 1.82. The normalized spacial score (nSPS) is 14.6. The van der Waals surface area contributed by atoms with Gasteiger partial charge in [0, 0.05) is 42.8 Å². The Hall–Kier alpha value is -2.49. The van der Waals surface area contributed by atoms with Crippen LogP contribution in [0.1, 0.15) is 0 Å². The molecule has 1 fully saturated rings. The van der Waals surface area contributed by atoms with Gasteiger partial charge in [0.05, 0.1) is 25.7 Å². The Labute approximate surface area is 175 Å². The molecule has 156 valence electrons. The van der Waals surface area contributed by atoms with Crippen LogP contribution >= 0.6 is 11.8 Å². The maximum Gasteiger partial charge on any atom is 0.238 e. The van der Waals surface area contributed by atoms with Gasteiger partial charge >= 0.3 is 0 Å². The first-order valence-corrected chi connectivity index (χ1v) is 10.2. The van der Waals surface area contributed by atoms with E-state index in [4.69, 9.17) is 20.2 Å². The molecule has 0 atom stereocenters. The lowest BCUT2D eigenvalue weighted by atomic mass is 10.3. The van der Waals surface area contributed by atoms with Crippen molar-refractivity contribution in [3.8, 4) is 11.6 Å². The first kappa shape index (κ1) is 21.2. The second kappa shape index (κ2) is 9.82. The van der Waals surface area contributed by atoms with Crippen molar-refractivity contribution < 1.29 is 14.3 Å². The predicted octanol–water partition coefficient (Wildman–Crippen LogP) is 1.90. The molecule has 1 saturated heterocycles. The van der Waals surface area contributed by atoms with Crippen molar-refractivity contribution >= 4 is 29.2 Å². The van der Waals surface area contributed by atoms with E-state index in [9.17, 15) is 4.79 Å². The zero-order valence-electron chi connectivity index (χ0n) is 17.0. The molecule has 9 heteroatoms. The first-order chi connectivity index (χ1) is 14.0. The lowest BCUT2D eigenvalue weighted by Crippen LogP contribution is -2.44. The molecule has 0 saturated carbocycles. The average Bonchev–Trinajstić information content (AvgIpc) is 2.74. The van der Waals surface area contributed by atoms with Crippen molar-refractivity contribution in [3.63, 3.8) is 0 Å². The van der Waals surface area contributed by atoms with Crippen LogP contribution in [-0.2, 0) is 4.79 Å². The summed E-state index contributed by atoms with van der Waals surface area (Å²) in [4.78, 5) is 22.7. The summed E-state index contributed by atoms with van der Waals surface area (Å²) in [6.45, 7) is 3.84. The molecule has 2 heterocycles. The number of methoxy groups -OCH3 is 2. The van der Waals surface area contributed by atoms with Gasteiger partial charge in [-0.05, 0) is 31.3 Å². The van der Waals surface area contributed by atoms with Crippen molar-refractivity contribution in [2.45, 2.75) is 9.79 Å². The monoisotopic (exact) mass is 417 g/mol. The van der Waals surface area contributed by atoms with E-state index in [0.29, 0.717) is 17.3 Å². The Morgan fingerprint density at radius 3 is 2.59 bits per heavy atom. The zero-order chi connectivity index (χ0) is 20.8. The van der Waals surface area contributed by atoms with Crippen LogP contribution in [-0.4, -0.2) is 69.8 Å². The lowest BCUT2D eigenvalue weighted by molar-refractivity contribution is -0.114. The molecule has 3 rings (SSSR count). The zero-order valence-corrected chi connectivity index (χ0v) is 17.8. The van der Waals surface area contributed by atoms with Crippen LogP contribution in [0, 0.1) is 0 Å². The fraction of sp³-hybridized carbons (Fsp3) is 0.400. The molecule has 0 unspecified atom stereocenters. The van der Waals surface area contributed by atoms with Crippen molar-refractivity contribution in [3.05, 3.63) is 30.3 Å². The molecule has 1 aliphatic rings. The number of aromatic nitrogens is 1. The summed E-state index contributed by atoms with van der Waals surface area (Å²) < 4.78 is 10.9. The smallest absolute Gasteiger partial charge is 0.238 e. The third kappa shape index (κ3) is 5.53. The van der Waals surface area contributed by atoms with Gasteiger partial charge in [-0.15, -0.1) is 0 Å². The Morgan fingerprint density at radius 1 is 1.17 bits per heavy atom. The average molecular weight is 418 g/mol. The fourth-order valence-electron chi connectivity index (χ4n) is 3.01. The highest BCUT2D eigenvalue weighted by molar-refractivity contribution is 7.99. The largest absolute Gasteiger partial charge is 0.497 e. The van der Waals surface area contributed by atoms with Gasteiger partial charge in [0.25, 0.3) is 0 Å². The summed E-state index contributed by atoms with van der Waals surface area (Å²) in [6.07, 6.45) is 0. The van der Waals surface area contributed by atoms with Crippen LogP contribution in [0.3, 0.4) is 0 Å². The molecule has 1 aliphatic heterocycles. The molecule has 1 aromatic carbocycles. The number of benzene rings is 1. The topological polar surface area (TPSA) is 92.9 Å². The standard InChI is InChI=1S/C20H27N5O3S/c1-24-6-8-25(9-7-24)18-5-4-17(20(23-18)28-3)29-16-11-14(22-19(26)13-21)10-15(12-16)27-2/h4-5,10-12H,6-9,13,21H2,1-3H3,(H,22,26). The number of amides is 1. The van der Waals surface area contributed by atoms with E-state index in [1.165, 1.54) is 11.8 Å². The number of piperazine rings is 1. The highest BCUT2D eigenvalue weighted by Gasteiger charge is 2.18.